The third kappa shape index (κ3) is 6.54. The maximum Gasteiger partial charge on any atom is 0.338 e. The van der Waals surface area contributed by atoms with Gasteiger partial charge in [-0.15, -0.1) is 0 Å². The summed E-state index contributed by atoms with van der Waals surface area (Å²) in [5.74, 6) is -0.611. The summed E-state index contributed by atoms with van der Waals surface area (Å²) in [6, 6.07) is 13.9. The second kappa shape index (κ2) is 9.69. The molecule has 6 heteroatoms. The van der Waals surface area contributed by atoms with Gasteiger partial charge in [0, 0.05) is 18.3 Å². The predicted octanol–water partition coefficient (Wildman–Crippen LogP) is 4.03. The average molecular weight is 382 g/mol. The van der Waals surface area contributed by atoms with Crippen molar-refractivity contribution in [3.8, 4) is 0 Å². The van der Waals surface area contributed by atoms with E-state index < -0.39 is 18.0 Å². The van der Waals surface area contributed by atoms with Crippen LogP contribution in [0.2, 0.25) is 0 Å². The summed E-state index contributed by atoms with van der Waals surface area (Å²) in [5, 5.41) is 5.33. The quantitative estimate of drug-likeness (QED) is 0.708. The molecule has 148 valence electrons. The summed E-state index contributed by atoms with van der Waals surface area (Å²) in [4.78, 5) is 35.5. The largest absolute Gasteiger partial charge is 0.449 e. The van der Waals surface area contributed by atoms with Gasteiger partial charge in [-0.25, -0.2) is 4.79 Å². The zero-order valence-electron chi connectivity index (χ0n) is 16.6. The third-order valence-electron chi connectivity index (χ3n) is 3.96. The summed E-state index contributed by atoms with van der Waals surface area (Å²) >= 11 is 0. The number of carbonyl (C=O) groups excluding carboxylic acids is 3. The molecule has 0 aliphatic carbocycles. The first-order chi connectivity index (χ1) is 13.2. The number of hydrogen-bond donors (Lipinski definition) is 2. The Morgan fingerprint density at radius 1 is 0.857 bits per heavy atom. The molecule has 0 saturated heterocycles. The van der Waals surface area contributed by atoms with Crippen LogP contribution in [-0.2, 0) is 20.7 Å². The van der Waals surface area contributed by atoms with E-state index in [-0.39, 0.29) is 5.91 Å². The Hall–Kier alpha value is -3.15. The summed E-state index contributed by atoms with van der Waals surface area (Å²) in [6.07, 6.45) is -0.00708. The number of anilines is 2. The molecule has 0 aliphatic rings. The van der Waals surface area contributed by atoms with Gasteiger partial charge in [0.2, 0.25) is 5.91 Å². The lowest BCUT2D eigenvalue weighted by molar-refractivity contribution is -0.123. The van der Waals surface area contributed by atoms with Crippen LogP contribution in [0, 0.1) is 5.92 Å². The topological polar surface area (TPSA) is 84.5 Å². The van der Waals surface area contributed by atoms with Gasteiger partial charge in [-0.1, -0.05) is 26.0 Å². The Morgan fingerprint density at radius 3 is 1.89 bits per heavy atom. The molecular weight excluding hydrogens is 356 g/mol. The second-order valence-corrected chi connectivity index (χ2v) is 7.09. The van der Waals surface area contributed by atoms with E-state index in [1.807, 2.05) is 12.1 Å². The lowest BCUT2D eigenvalue weighted by Crippen LogP contribution is -2.30. The molecule has 6 nitrogen and oxygen atoms in total. The van der Waals surface area contributed by atoms with Crippen LogP contribution in [0.15, 0.2) is 48.5 Å². The molecule has 2 rings (SSSR count). The Labute approximate surface area is 165 Å². The van der Waals surface area contributed by atoms with E-state index in [0.29, 0.717) is 22.9 Å². The molecular formula is C22H26N2O4. The second-order valence-electron chi connectivity index (χ2n) is 7.09. The Balaban J connectivity index is 1.90. The minimum atomic E-state index is -0.946. The molecule has 0 fully saturated rings. The fourth-order valence-corrected chi connectivity index (χ4v) is 2.61. The minimum absolute atomic E-state index is 0.172. The van der Waals surface area contributed by atoms with Gasteiger partial charge in [-0.05, 0) is 61.2 Å². The van der Waals surface area contributed by atoms with Gasteiger partial charge in [0.1, 0.15) is 0 Å². The van der Waals surface area contributed by atoms with Crippen molar-refractivity contribution in [1.29, 1.82) is 0 Å². The Bertz CT molecular complexity index is 827. The van der Waals surface area contributed by atoms with Crippen molar-refractivity contribution in [1.82, 2.24) is 0 Å². The summed E-state index contributed by atoms with van der Waals surface area (Å²) < 4.78 is 5.26. The summed E-state index contributed by atoms with van der Waals surface area (Å²) in [5.41, 5.74) is 2.73. The van der Waals surface area contributed by atoms with Crippen molar-refractivity contribution in [3.63, 3.8) is 0 Å². The van der Waals surface area contributed by atoms with Crippen molar-refractivity contribution in [2.45, 2.75) is 40.2 Å². The molecule has 1 atom stereocenters. The van der Waals surface area contributed by atoms with Gasteiger partial charge < -0.3 is 15.4 Å². The van der Waals surface area contributed by atoms with Crippen LogP contribution in [0.3, 0.4) is 0 Å². The molecule has 2 aromatic carbocycles. The van der Waals surface area contributed by atoms with E-state index in [0.717, 1.165) is 12.0 Å². The van der Waals surface area contributed by atoms with Gasteiger partial charge in [0.15, 0.2) is 6.10 Å². The van der Waals surface area contributed by atoms with Crippen LogP contribution in [0.4, 0.5) is 11.4 Å². The van der Waals surface area contributed by atoms with Crippen LogP contribution >= 0.6 is 0 Å². The lowest BCUT2D eigenvalue weighted by Gasteiger charge is -2.14. The van der Waals surface area contributed by atoms with E-state index in [4.69, 9.17) is 4.74 Å². The first-order valence-corrected chi connectivity index (χ1v) is 9.23. The number of hydrogen-bond acceptors (Lipinski definition) is 4. The monoisotopic (exact) mass is 382 g/mol. The molecule has 0 aromatic heterocycles. The zero-order chi connectivity index (χ0) is 20.7. The highest BCUT2D eigenvalue weighted by Gasteiger charge is 2.19. The SMILES string of the molecule is CC(=O)Nc1ccc(NC(=O)[C@H](C)OC(=O)c2ccc(CC(C)C)cc2)cc1. The van der Waals surface area contributed by atoms with Crippen LogP contribution in [0.1, 0.15) is 43.6 Å². The standard InChI is InChI=1S/C22H26N2O4/c1-14(2)13-17-5-7-18(8-6-17)22(27)28-15(3)21(26)24-20-11-9-19(10-12-20)23-16(4)25/h5-12,14-15H,13H2,1-4H3,(H,23,25)(H,24,26)/t15-/m0/s1. The maximum atomic E-state index is 12.3. The fourth-order valence-electron chi connectivity index (χ4n) is 2.61. The van der Waals surface area contributed by atoms with Gasteiger partial charge in [0.25, 0.3) is 5.91 Å². The third-order valence-corrected chi connectivity index (χ3v) is 3.96. The molecule has 0 spiro atoms. The van der Waals surface area contributed by atoms with E-state index in [9.17, 15) is 14.4 Å². The van der Waals surface area contributed by atoms with Crippen molar-refractivity contribution in [3.05, 3.63) is 59.7 Å². The number of carbonyl (C=O) groups is 3. The fraction of sp³-hybridized carbons (Fsp3) is 0.318. The molecule has 2 amide bonds. The Kier molecular flexibility index (Phi) is 7.32. The number of amides is 2. The highest BCUT2D eigenvalue weighted by Crippen LogP contribution is 2.15. The van der Waals surface area contributed by atoms with Crippen molar-refractivity contribution in [2.24, 2.45) is 5.92 Å². The molecule has 0 bridgehead atoms. The maximum absolute atomic E-state index is 12.3. The minimum Gasteiger partial charge on any atom is -0.449 e. The van der Waals surface area contributed by atoms with Gasteiger partial charge in [-0.3, -0.25) is 9.59 Å². The van der Waals surface area contributed by atoms with Crippen LogP contribution < -0.4 is 10.6 Å². The lowest BCUT2D eigenvalue weighted by atomic mass is 10.0. The molecule has 0 unspecified atom stereocenters. The summed E-state index contributed by atoms with van der Waals surface area (Å²) in [6.45, 7) is 7.21. The number of benzene rings is 2. The summed E-state index contributed by atoms with van der Waals surface area (Å²) in [7, 11) is 0. The zero-order valence-corrected chi connectivity index (χ0v) is 16.6. The van der Waals surface area contributed by atoms with Crippen molar-refractivity contribution in [2.75, 3.05) is 10.6 Å². The van der Waals surface area contributed by atoms with E-state index in [1.54, 1.807) is 36.4 Å². The number of ether oxygens (including phenoxy) is 1. The van der Waals surface area contributed by atoms with Crippen molar-refractivity contribution < 1.29 is 19.1 Å². The molecule has 2 N–H and O–H groups in total. The van der Waals surface area contributed by atoms with Crippen LogP contribution in [-0.4, -0.2) is 23.9 Å². The highest BCUT2D eigenvalue weighted by molar-refractivity contribution is 5.97. The molecule has 2 aromatic rings. The number of esters is 1. The van der Waals surface area contributed by atoms with E-state index in [2.05, 4.69) is 24.5 Å². The molecule has 0 radical (unpaired) electrons. The molecule has 28 heavy (non-hydrogen) atoms. The molecule has 0 heterocycles. The molecule has 0 aliphatic heterocycles. The first kappa shape index (κ1) is 21.2. The first-order valence-electron chi connectivity index (χ1n) is 9.23. The number of nitrogens with one attached hydrogen (secondary N) is 2. The van der Waals surface area contributed by atoms with Crippen LogP contribution in [0.25, 0.3) is 0 Å². The van der Waals surface area contributed by atoms with Gasteiger partial charge in [-0.2, -0.15) is 0 Å². The number of rotatable bonds is 7. The Morgan fingerprint density at radius 2 is 1.39 bits per heavy atom. The average Bonchev–Trinajstić information content (AvgIpc) is 2.63. The van der Waals surface area contributed by atoms with Crippen molar-refractivity contribution >= 4 is 29.2 Å². The van der Waals surface area contributed by atoms with Gasteiger partial charge in [0.05, 0.1) is 5.56 Å². The predicted molar refractivity (Wildman–Crippen MR) is 109 cm³/mol. The molecule has 0 saturated carbocycles. The van der Waals surface area contributed by atoms with Crippen LogP contribution in [0.5, 0.6) is 0 Å². The normalized spacial score (nSPS) is 11.6. The van der Waals surface area contributed by atoms with Gasteiger partial charge >= 0.3 is 5.97 Å². The highest BCUT2D eigenvalue weighted by atomic mass is 16.5. The smallest absolute Gasteiger partial charge is 0.338 e. The van der Waals surface area contributed by atoms with E-state index in [1.165, 1.54) is 13.8 Å². The van der Waals surface area contributed by atoms with E-state index >= 15 is 0 Å².